The van der Waals surface area contributed by atoms with E-state index < -0.39 is 0 Å². The predicted molar refractivity (Wildman–Crippen MR) is 78.9 cm³/mol. The van der Waals surface area contributed by atoms with Crippen LogP contribution < -0.4 is 4.90 Å². The van der Waals surface area contributed by atoms with Crippen molar-refractivity contribution < 1.29 is 14.4 Å². The van der Waals surface area contributed by atoms with Crippen LogP contribution in [0.5, 0.6) is 0 Å². The van der Waals surface area contributed by atoms with E-state index in [1.807, 2.05) is 19.1 Å². The number of ketones is 1. The third-order valence-electron chi connectivity index (χ3n) is 4.00. The summed E-state index contributed by atoms with van der Waals surface area (Å²) in [5, 5.41) is 0. The van der Waals surface area contributed by atoms with E-state index in [9.17, 15) is 14.4 Å². The van der Waals surface area contributed by atoms with Gasteiger partial charge >= 0.3 is 0 Å². The normalized spacial score (nSPS) is 21.0. The Morgan fingerprint density at radius 2 is 1.86 bits per heavy atom. The summed E-state index contributed by atoms with van der Waals surface area (Å²) in [7, 11) is 0. The molecule has 21 heavy (non-hydrogen) atoms. The number of benzene rings is 1. The summed E-state index contributed by atoms with van der Waals surface area (Å²) in [4.78, 5) is 37.5. The predicted octanol–water partition coefficient (Wildman–Crippen LogP) is 2.66. The molecule has 3 rings (SSSR count). The van der Waals surface area contributed by atoms with E-state index in [-0.39, 0.29) is 23.5 Å². The second-order valence-electron chi connectivity index (χ2n) is 5.37. The Hall–Kier alpha value is -2.49. The summed E-state index contributed by atoms with van der Waals surface area (Å²) < 4.78 is 0. The second-order valence-corrected chi connectivity index (χ2v) is 5.37. The molecule has 1 aliphatic carbocycles. The number of Topliss-reactive ketones (excluding diaryl/α,β-unsaturated/α-hetero) is 1. The summed E-state index contributed by atoms with van der Waals surface area (Å²) in [6, 6.07) is 6.57. The molecule has 1 unspecified atom stereocenters. The molecule has 2 amide bonds. The van der Waals surface area contributed by atoms with Crippen LogP contribution in [0.4, 0.5) is 5.69 Å². The SMILES string of the molecule is CC(=O)c1ccc(N2C(=O)C3=C(C)C=CCC3C2=O)cc1. The lowest BCUT2D eigenvalue weighted by molar-refractivity contribution is -0.122. The first-order valence-electron chi connectivity index (χ1n) is 6.87. The van der Waals surface area contributed by atoms with E-state index in [2.05, 4.69) is 0 Å². The number of nitrogens with zero attached hydrogens (tertiary/aromatic N) is 1. The lowest BCUT2D eigenvalue weighted by atomic mass is 9.89. The molecule has 1 aliphatic heterocycles. The minimum absolute atomic E-state index is 0.0444. The van der Waals surface area contributed by atoms with Crippen LogP contribution in [-0.4, -0.2) is 17.6 Å². The first-order valence-corrected chi connectivity index (χ1v) is 6.87. The largest absolute Gasteiger partial charge is 0.295 e. The average Bonchev–Trinajstić information content (AvgIpc) is 2.72. The van der Waals surface area contributed by atoms with Crippen LogP contribution in [0.2, 0.25) is 0 Å². The number of carbonyl (C=O) groups excluding carboxylic acids is 3. The lowest BCUT2D eigenvalue weighted by Gasteiger charge is -2.14. The maximum absolute atomic E-state index is 12.5. The Balaban J connectivity index is 2.00. The number of anilines is 1. The van der Waals surface area contributed by atoms with Crippen molar-refractivity contribution in [3.05, 3.63) is 53.1 Å². The molecule has 0 saturated carbocycles. The topological polar surface area (TPSA) is 54.5 Å². The molecule has 1 aromatic rings. The maximum Gasteiger partial charge on any atom is 0.262 e. The number of allylic oxidation sites excluding steroid dienone is 3. The highest BCUT2D eigenvalue weighted by molar-refractivity contribution is 6.29. The van der Waals surface area contributed by atoms with Gasteiger partial charge in [0.15, 0.2) is 5.78 Å². The quantitative estimate of drug-likeness (QED) is 0.618. The molecule has 0 bridgehead atoms. The molecule has 4 nitrogen and oxygen atoms in total. The summed E-state index contributed by atoms with van der Waals surface area (Å²) >= 11 is 0. The zero-order chi connectivity index (χ0) is 15.1. The van der Waals surface area contributed by atoms with Crippen LogP contribution in [0.25, 0.3) is 0 Å². The molecule has 0 spiro atoms. The van der Waals surface area contributed by atoms with Gasteiger partial charge in [0.25, 0.3) is 5.91 Å². The van der Waals surface area contributed by atoms with Gasteiger partial charge in [0, 0.05) is 11.1 Å². The van der Waals surface area contributed by atoms with Gasteiger partial charge < -0.3 is 0 Å². The van der Waals surface area contributed by atoms with Gasteiger partial charge in [-0.2, -0.15) is 0 Å². The highest BCUT2D eigenvalue weighted by atomic mass is 16.2. The number of hydrogen-bond acceptors (Lipinski definition) is 3. The molecule has 1 saturated heterocycles. The van der Waals surface area contributed by atoms with Crippen LogP contribution in [0.3, 0.4) is 0 Å². The molecule has 0 aromatic heterocycles. The Morgan fingerprint density at radius 3 is 2.43 bits per heavy atom. The second kappa shape index (κ2) is 4.81. The molecule has 4 heteroatoms. The molecular weight excluding hydrogens is 266 g/mol. The molecule has 106 valence electrons. The maximum atomic E-state index is 12.5. The number of imide groups is 1. The molecule has 1 fully saturated rings. The van der Waals surface area contributed by atoms with Crippen molar-refractivity contribution in [2.75, 3.05) is 4.90 Å². The van der Waals surface area contributed by atoms with Gasteiger partial charge in [0.05, 0.1) is 11.6 Å². The van der Waals surface area contributed by atoms with Gasteiger partial charge in [-0.1, -0.05) is 12.2 Å². The third kappa shape index (κ3) is 2.03. The standard InChI is InChI=1S/C17H15NO3/c1-10-4-3-5-14-15(10)17(21)18(16(14)20)13-8-6-12(7-9-13)11(2)19/h3-4,6-9,14H,5H2,1-2H3. The lowest BCUT2D eigenvalue weighted by Crippen LogP contribution is -2.30. The van der Waals surface area contributed by atoms with Gasteiger partial charge in [-0.15, -0.1) is 0 Å². The number of rotatable bonds is 2. The van der Waals surface area contributed by atoms with Crippen molar-refractivity contribution in [2.24, 2.45) is 5.92 Å². The third-order valence-corrected chi connectivity index (χ3v) is 4.00. The minimum Gasteiger partial charge on any atom is -0.295 e. The summed E-state index contributed by atoms with van der Waals surface area (Å²) in [6.45, 7) is 3.33. The fourth-order valence-corrected chi connectivity index (χ4v) is 2.87. The van der Waals surface area contributed by atoms with Gasteiger partial charge in [-0.05, 0) is 50.1 Å². The van der Waals surface area contributed by atoms with Crippen LogP contribution in [0.1, 0.15) is 30.6 Å². The van der Waals surface area contributed by atoms with E-state index in [1.165, 1.54) is 11.8 Å². The smallest absolute Gasteiger partial charge is 0.262 e. The fourth-order valence-electron chi connectivity index (χ4n) is 2.87. The Labute approximate surface area is 122 Å². The van der Waals surface area contributed by atoms with E-state index >= 15 is 0 Å². The van der Waals surface area contributed by atoms with Gasteiger partial charge in [-0.3, -0.25) is 14.4 Å². The van der Waals surface area contributed by atoms with Crippen molar-refractivity contribution in [1.82, 2.24) is 0 Å². The highest BCUT2D eigenvalue weighted by Gasteiger charge is 2.44. The highest BCUT2D eigenvalue weighted by Crippen LogP contribution is 2.37. The molecular formula is C17H15NO3. The van der Waals surface area contributed by atoms with Crippen LogP contribution >= 0.6 is 0 Å². The molecule has 1 atom stereocenters. The van der Waals surface area contributed by atoms with Crippen molar-refractivity contribution in [3.63, 3.8) is 0 Å². The van der Waals surface area contributed by atoms with Crippen LogP contribution in [-0.2, 0) is 9.59 Å². The van der Waals surface area contributed by atoms with Crippen molar-refractivity contribution in [3.8, 4) is 0 Å². The van der Waals surface area contributed by atoms with E-state index in [4.69, 9.17) is 0 Å². The van der Waals surface area contributed by atoms with Crippen molar-refractivity contribution >= 4 is 23.3 Å². The fraction of sp³-hybridized carbons (Fsp3) is 0.235. The molecule has 0 N–H and O–H groups in total. The Morgan fingerprint density at radius 1 is 1.19 bits per heavy atom. The first-order chi connectivity index (χ1) is 10.0. The Kier molecular flexibility index (Phi) is 3.09. The van der Waals surface area contributed by atoms with Crippen molar-refractivity contribution in [2.45, 2.75) is 20.3 Å². The van der Waals surface area contributed by atoms with E-state index in [1.54, 1.807) is 24.3 Å². The molecule has 1 heterocycles. The molecule has 1 aromatic carbocycles. The summed E-state index contributed by atoms with van der Waals surface area (Å²) in [5.74, 6) is -0.844. The number of amides is 2. The number of carbonyl (C=O) groups is 3. The molecule has 2 aliphatic rings. The van der Waals surface area contributed by atoms with Crippen LogP contribution in [0, 0.1) is 5.92 Å². The van der Waals surface area contributed by atoms with E-state index in [0.29, 0.717) is 23.2 Å². The molecule has 0 radical (unpaired) electrons. The zero-order valence-electron chi connectivity index (χ0n) is 11.9. The number of fused-ring (bicyclic) bond motifs is 1. The van der Waals surface area contributed by atoms with Crippen molar-refractivity contribution in [1.29, 1.82) is 0 Å². The summed E-state index contributed by atoms with van der Waals surface area (Å²) in [5.41, 5.74) is 2.53. The first kappa shape index (κ1) is 13.5. The van der Waals surface area contributed by atoms with Crippen LogP contribution in [0.15, 0.2) is 47.6 Å². The van der Waals surface area contributed by atoms with E-state index in [0.717, 1.165) is 5.57 Å². The minimum atomic E-state index is -0.366. The monoisotopic (exact) mass is 281 g/mol. The van der Waals surface area contributed by atoms with Gasteiger partial charge in [-0.25, -0.2) is 4.90 Å². The number of hydrogen-bond donors (Lipinski definition) is 0. The van der Waals surface area contributed by atoms with Gasteiger partial charge in [0.2, 0.25) is 5.91 Å². The Bertz CT molecular complexity index is 710. The average molecular weight is 281 g/mol. The van der Waals surface area contributed by atoms with Gasteiger partial charge in [0.1, 0.15) is 0 Å². The summed E-state index contributed by atoms with van der Waals surface area (Å²) in [6.07, 6.45) is 4.38. The zero-order valence-corrected chi connectivity index (χ0v) is 11.9.